The molecular formula is C25H22F3N5O2. The van der Waals surface area contributed by atoms with Gasteiger partial charge in [0.25, 0.3) is 11.9 Å². The third kappa shape index (κ3) is 4.55. The number of nitrogens with zero attached hydrogens (tertiary/aromatic N) is 4. The molecule has 1 N–H and O–H groups in total. The van der Waals surface area contributed by atoms with E-state index in [9.17, 15) is 18.0 Å². The van der Waals surface area contributed by atoms with Crippen molar-refractivity contribution in [3.05, 3.63) is 71.8 Å². The molecule has 1 aliphatic rings. The van der Waals surface area contributed by atoms with Gasteiger partial charge in [-0.15, -0.1) is 0 Å². The number of anilines is 1. The van der Waals surface area contributed by atoms with Crippen molar-refractivity contribution in [2.75, 3.05) is 18.4 Å². The molecule has 2 atom stereocenters. The number of oxazole rings is 1. The Hall–Kier alpha value is -3.95. The van der Waals surface area contributed by atoms with Gasteiger partial charge in [0, 0.05) is 37.6 Å². The summed E-state index contributed by atoms with van der Waals surface area (Å²) in [6.07, 6.45) is 4.49. The fourth-order valence-corrected chi connectivity index (χ4v) is 4.53. The maximum absolute atomic E-state index is 14.8. The van der Waals surface area contributed by atoms with Crippen molar-refractivity contribution in [1.29, 1.82) is 0 Å². The quantitative estimate of drug-likeness (QED) is 0.429. The normalized spacial score (nSPS) is 18.1. The van der Waals surface area contributed by atoms with Crippen molar-refractivity contribution in [3.63, 3.8) is 0 Å². The Kier molecular flexibility index (Phi) is 6.10. The first-order valence-electron chi connectivity index (χ1n) is 11.3. The first-order chi connectivity index (χ1) is 16.9. The second kappa shape index (κ2) is 9.36. The third-order valence-electron chi connectivity index (χ3n) is 6.26. The second-order valence-corrected chi connectivity index (χ2v) is 8.58. The number of benzene rings is 2. The zero-order chi connectivity index (χ0) is 24.5. The van der Waals surface area contributed by atoms with Gasteiger partial charge in [-0.2, -0.15) is 4.98 Å². The molecule has 180 valence electrons. The fourth-order valence-electron chi connectivity index (χ4n) is 4.53. The minimum atomic E-state index is -0.905. The molecular weight excluding hydrogens is 459 g/mol. The molecule has 10 heteroatoms. The predicted octanol–water partition coefficient (Wildman–Crippen LogP) is 5.05. The van der Waals surface area contributed by atoms with Gasteiger partial charge in [-0.05, 0) is 43.0 Å². The molecule has 2 aromatic carbocycles. The Morgan fingerprint density at radius 3 is 2.74 bits per heavy atom. The summed E-state index contributed by atoms with van der Waals surface area (Å²) in [7, 11) is 0. The lowest BCUT2D eigenvalue weighted by atomic mass is 9.89. The monoisotopic (exact) mass is 481 g/mol. The van der Waals surface area contributed by atoms with Gasteiger partial charge < -0.3 is 14.6 Å². The van der Waals surface area contributed by atoms with Crippen LogP contribution in [0.25, 0.3) is 22.5 Å². The molecule has 1 saturated heterocycles. The lowest BCUT2D eigenvalue weighted by Crippen LogP contribution is -2.51. The molecule has 2 aromatic heterocycles. The zero-order valence-electron chi connectivity index (χ0n) is 18.8. The summed E-state index contributed by atoms with van der Waals surface area (Å²) in [5, 5.41) is 3.09. The molecule has 0 bridgehead atoms. The summed E-state index contributed by atoms with van der Waals surface area (Å²) in [6.45, 7) is 2.72. The van der Waals surface area contributed by atoms with E-state index < -0.39 is 23.4 Å². The van der Waals surface area contributed by atoms with Crippen LogP contribution in [0.5, 0.6) is 0 Å². The zero-order valence-corrected chi connectivity index (χ0v) is 18.8. The third-order valence-corrected chi connectivity index (χ3v) is 6.26. The molecule has 4 aromatic rings. The SMILES string of the molecule is C[C@@H]1CCCN(C(=O)c2cc(F)cc(F)c2-c2ncccn2)[C@@H]1CNc1nc2ccc(F)cc2o1. The molecule has 0 unspecified atom stereocenters. The van der Waals surface area contributed by atoms with Crippen LogP contribution in [0.3, 0.4) is 0 Å². The number of hydrogen-bond donors (Lipinski definition) is 1. The van der Waals surface area contributed by atoms with Crippen LogP contribution in [0, 0.1) is 23.4 Å². The second-order valence-electron chi connectivity index (χ2n) is 8.58. The van der Waals surface area contributed by atoms with Gasteiger partial charge in [-0.25, -0.2) is 23.1 Å². The van der Waals surface area contributed by atoms with E-state index in [0.29, 0.717) is 17.6 Å². The van der Waals surface area contributed by atoms with Crippen molar-refractivity contribution in [1.82, 2.24) is 19.9 Å². The number of likely N-dealkylation sites (tertiary alicyclic amines) is 1. The van der Waals surface area contributed by atoms with Crippen LogP contribution in [0.1, 0.15) is 30.1 Å². The molecule has 0 aliphatic carbocycles. The molecule has 1 amide bonds. The van der Waals surface area contributed by atoms with Crippen molar-refractivity contribution in [2.24, 2.45) is 5.92 Å². The standard InChI is InChI=1S/C25H22F3N5O2/c1-14-4-2-9-33(20(14)13-31-25-32-19-6-5-15(26)12-21(19)35-25)24(34)17-10-16(27)11-18(28)22(17)23-29-7-3-8-30-23/h3,5-8,10-12,14,20H,2,4,9,13H2,1H3,(H,31,32)/t14-,20-/m1/s1. The van der Waals surface area contributed by atoms with Gasteiger partial charge in [-0.1, -0.05) is 6.92 Å². The Morgan fingerprint density at radius 1 is 1.14 bits per heavy atom. The van der Waals surface area contributed by atoms with E-state index in [1.807, 2.05) is 6.92 Å². The van der Waals surface area contributed by atoms with Crippen LogP contribution >= 0.6 is 0 Å². The number of carbonyl (C=O) groups is 1. The number of piperidine rings is 1. The Balaban J connectivity index is 1.44. The van der Waals surface area contributed by atoms with Gasteiger partial charge >= 0.3 is 0 Å². The van der Waals surface area contributed by atoms with Crippen LogP contribution < -0.4 is 5.32 Å². The highest BCUT2D eigenvalue weighted by molar-refractivity contribution is 6.00. The average molecular weight is 481 g/mol. The van der Waals surface area contributed by atoms with Crippen molar-refractivity contribution >= 4 is 23.0 Å². The number of halogens is 3. The van der Waals surface area contributed by atoms with Crippen LogP contribution in [0.15, 0.2) is 53.2 Å². The van der Waals surface area contributed by atoms with Gasteiger partial charge in [0.1, 0.15) is 23.0 Å². The summed E-state index contributed by atoms with van der Waals surface area (Å²) < 4.78 is 48.1. The number of rotatable bonds is 5. The van der Waals surface area contributed by atoms with Crippen LogP contribution in [-0.4, -0.2) is 44.9 Å². The number of aromatic nitrogens is 3. The molecule has 1 fully saturated rings. The number of fused-ring (bicyclic) bond motifs is 1. The summed E-state index contributed by atoms with van der Waals surface area (Å²) in [6, 6.07) is 7.27. The van der Waals surface area contributed by atoms with Gasteiger partial charge in [0.15, 0.2) is 11.4 Å². The molecule has 0 radical (unpaired) electrons. The minimum absolute atomic E-state index is 0.00629. The maximum Gasteiger partial charge on any atom is 0.295 e. The van der Waals surface area contributed by atoms with Gasteiger partial charge in [0.2, 0.25) is 0 Å². The first-order valence-corrected chi connectivity index (χ1v) is 11.3. The lowest BCUT2D eigenvalue weighted by Gasteiger charge is -2.40. The molecule has 7 nitrogen and oxygen atoms in total. The highest BCUT2D eigenvalue weighted by atomic mass is 19.1. The van der Waals surface area contributed by atoms with Crippen molar-refractivity contribution in [3.8, 4) is 11.4 Å². The summed E-state index contributed by atoms with van der Waals surface area (Å²) in [4.78, 5) is 27.7. The summed E-state index contributed by atoms with van der Waals surface area (Å²) in [5.41, 5.74) is 0.536. The van der Waals surface area contributed by atoms with Crippen LogP contribution in [-0.2, 0) is 0 Å². The largest absolute Gasteiger partial charge is 0.423 e. The van der Waals surface area contributed by atoms with E-state index in [4.69, 9.17) is 4.42 Å². The lowest BCUT2D eigenvalue weighted by molar-refractivity contribution is 0.0539. The predicted molar refractivity (Wildman–Crippen MR) is 123 cm³/mol. The number of carbonyl (C=O) groups excluding carboxylic acids is 1. The topological polar surface area (TPSA) is 84.2 Å². The number of hydrogen-bond acceptors (Lipinski definition) is 6. The molecule has 1 aliphatic heterocycles. The van der Waals surface area contributed by atoms with Gasteiger partial charge in [0.05, 0.1) is 17.2 Å². The molecule has 5 rings (SSSR count). The van der Waals surface area contributed by atoms with Gasteiger partial charge in [-0.3, -0.25) is 4.79 Å². The minimum Gasteiger partial charge on any atom is -0.423 e. The maximum atomic E-state index is 14.8. The van der Waals surface area contributed by atoms with E-state index in [-0.39, 0.29) is 41.5 Å². The number of amides is 1. The Labute approximate surface area is 199 Å². The first kappa shape index (κ1) is 22.8. The fraction of sp³-hybridized carbons (Fsp3) is 0.280. The van der Waals surface area contributed by atoms with E-state index in [2.05, 4.69) is 20.3 Å². The van der Waals surface area contributed by atoms with E-state index >= 15 is 0 Å². The van der Waals surface area contributed by atoms with Crippen molar-refractivity contribution < 1.29 is 22.4 Å². The molecule has 0 saturated carbocycles. The van der Waals surface area contributed by atoms with E-state index in [1.54, 1.807) is 11.0 Å². The van der Waals surface area contributed by atoms with Crippen LogP contribution in [0.4, 0.5) is 19.2 Å². The summed E-state index contributed by atoms with van der Waals surface area (Å²) >= 11 is 0. The molecule has 0 spiro atoms. The molecule has 35 heavy (non-hydrogen) atoms. The Morgan fingerprint density at radius 2 is 1.94 bits per heavy atom. The Bertz CT molecular complexity index is 1380. The average Bonchev–Trinajstić information content (AvgIpc) is 3.24. The molecule has 3 heterocycles. The smallest absolute Gasteiger partial charge is 0.295 e. The number of nitrogens with one attached hydrogen (secondary N) is 1. The highest BCUT2D eigenvalue weighted by Gasteiger charge is 2.34. The van der Waals surface area contributed by atoms with Crippen LogP contribution in [0.2, 0.25) is 0 Å². The van der Waals surface area contributed by atoms with E-state index in [1.165, 1.54) is 30.6 Å². The van der Waals surface area contributed by atoms with Crippen molar-refractivity contribution in [2.45, 2.75) is 25.8 Å². The summed E-state index contributed by atoms with van der Waals surface area (Å²) in [5.74, 6) is -2.60. The van der Waals surface area contributed by atoms with E-state index in [0.717, 1.165) is 25.0 Å². The highest BCUT2D eigenvalue weighted by Crippen LogP contribution is 2.31.